The number of phenolic OH excluding ortho intramolecular Hbond substituents is 1. The van der Waals surface area contributed by atoms with Crippen molar-refractivity contribution in [2.24, 2.45) is 0 Å². The van der Waals surface area contributed by atoms with Crippen LogP contribution < -0.4 is 5.56 Å². The number of hydrogen-bond donors (Lipinski definition) is 2. The van der Waals surface area contributed by atoms with Crippen LogP contribution in [0.3, 0.4) is 0 Å². The van der Waals surface area contributed by atoms with Gasteiger partial charge in [0.15, 0.2) is 5.16 Å². The fraction of sp³-hybridized carbons (Fsp3) is 0.200. The summed E-state index contributed by atoms with van der Waals surface area (Å²) in [4.78, 5) is 20.2. The first-order chi connectivity index (χ1) is 10.2. The van der Waals surface area contributed by atoms with Gasteiger partial charge in [0.2, 0.25) is 0 Å². The van der Waals surface area contributed by atoms with Gasteiger partial charge in [0.05, 0.1) is 11.1 Å². The van der Waals surface area contributed by atoms with Gasteiger partial charge in [-0.3, -0.25) is 9.36 Å². The summed E-state index contributed by atoms with van der Waals surface area (Å²) in [7, 11) is 0. The van der Waals surface area contributed by atoms with Crippen LogP contribution in [-0.2, 0) is 0 Å². The first-order valence-corrected chi connectivity index (χ1v) is 7.71. The van der Waals surface area contributed by atoms with E-state index in [1.807, 2.05) is 0 Å². The molecule has 5 nitrogen and oxygen atoms in total. The Labute approximate surface area is 125 Å². The van der Waals surface area contributed by atoms with Crippen LogP contribution in [0.5, 0.6) is 5.75 Å². The molecule has 0 aliphatic heterocycles. The first kappa shape index (κ1) is 13.8. The van der Waals surface area contributed by atoms with E-state index >= 15 is 0 Å². The van der Waals surface area contributed by atoms with E-state index in [0.717, 1.165) is 12.2 Å². The molecule has 0 radical (unpaired) electrons. The van der Waals surface area contributed by atoms with Crippen LogP contribution in [0.1, 0.15) is 13.3 Å². The predicted molar refractivity (Wildman–Crippen MR) is 84.4 cm³/mol. The van der Waals surface area contributed by atoms with E-state index in [4.69, 9.17) is 0 Å². The zero-order chi connectivity index (χ0) is 14.8. The first-order valence-electron chi connectivity index (χ1n) is 6.73. The van der Waals surface area contributed by atoms with Crippen molar-refractivity contribution in [1.82, 2.24) is 14.5 Å². The lowest BCUT2D eigenvalue weighted by molar-refractivity contribution is 0.475. The molecule has 0 unspecified atom stereocenters. The van der Waals surface area contributed by atoms with Crippen LogP contribution >= 0.6 is 11.8 Å². The van der Waals surface area contributed by atoms with E-state index in [1.54, 1.807) is 52.9 Å². The van der Waals surface area contributed by atoms with E-state index in [-0.39, 0.29) is 11.3 Å². The molecule has 0 atom stereocenters. The Morgan fingerprint density at radius 1 is 1.29 bits per heavy atom. The zero-order valence-corrected chi connectivity index (χ0v) is 12.4. The number of hydrogen-bond acceptors (Lipinski definition) is 4. The molecule has 3 aromatic rings. The number of aromatic nitrogens is 3. The van der Waals surface area contributed by atoms with Crippen LogP contribution in [0.25, 0.3) is 16.7 Å². The fourth-order valence-electron chi connectivity index (χ4n) is 2.10. The van der Waals surface area contributed by atoms with E-state index in [0.29, 0.717) is 21.9 Å². The molecule has 0 aliphatic rings. The number of fused-ring (bicyclic) bond motifs is 1. The van der Waals surface area contributed by atoms with Crippen molar-refractivity contribution in [2.45, 2.75) is 18.5 Å². The number of nitrogens with zero attached hydrogens (tertiary/aromatic N) is 2. The van der Waals surface area contributed by atoms with Crippen molar-refractivity contribution in [3.05, 3.63) is 46.9 Å². The zero-order valence-electron chi connectivity index (χ0n) is 11.5. The number of nitrogens with one attached hydrogen (secondary N) is 1. The number of aromatic amines is 1. The van der Waals surface area contributed by atoms with Gasteiger partial charge in [-0.25, -0.2) is 4.98 Å². The Hall–Kier alpha value is -2.21. The maximum atomic E-state index is 12.7. The van der Waals surface area contributed by atoms with E-state index < -0.39 is 0 Å². The second kappa shape index (κ2) is 5.65. The minimum Gasteiger partial charge on any atom is -0.508 e. The minimum absolute atomic E-state index is 0.106. The van der Waals surface area contributed by atoms with Crippen LogP contribution in [0.2, 0.25) is 0 Å². The molecule has 21 heavy (non-hydrogen) atoms. The molecule has 0 saturated heterocycles. The van der Waals surface area contributed by atoms with E-state index in [9.17, 15) is 9.90 Å². The monoisotopic (exact) mass is 301 g/mol. The molecule has 0 aliphatic carbocycles. The summed E-state index contributed by atoms with van der Waals surface area (Å²) >= 11 is 1.55. The highest BCUT2D eigenvalue weighted by molar-refractivity contribution is 7.99. The van der Waals surface area contributed by atoms with Crippen molar-refractivity contribution in [3.8, 4) is 11.4 Å². The van der Waals surface area contributed by atoms with Gasteiger partial charge in [0.25, 0.3) is 5.56 Å². The minimum atomic E-state index is -0.106. The molecular formula is C15H15N3O2S. The van der Waals surface area contributed by atoms with Crippen LogP contribution in [0, 0.1) is 0 Å². The highest BCUT2D eigenvalue weighted by Crippen LogP contribution is 2.22. The summed E-state index contributed by atoms with van der Waals surface area (Å²) in [6.07, 6.45) is 2.72. The summed E-state index contributed by atoms with van der Waals surface area (Å²) in [6, 6.07) is 8.30. The summed E-state index contributed by atoms with van der Waals surface area (Å²) in [5, 5.41) is 10.6. The lowest BCUT2D eigenvalue weighted by atomic mass is 10.3. The van der Waals surface area contributed by atoms with Gasteiger partial charge in [0.1, 0.15) is 11.4 Å². The highest BCUT2D eigenvalue weighted by atomic mass is 32.2. The SMILES string of the molecule is CCCSc1nc2[nH]ccc2c(=O)n1-c1ccc(O)cc1. The lowest BCUT2D eigenvalue weighted by Gasteiger charge is -2.11. The normalized spacial score (nSPS) is 11.1. The average Bonchev–Trinajstić information content (AvgIpc) is 2.95. The third kappa shape index (κ3) is 2.54. The van der Waals surface area contributed by atoms with Crippen molar-refractivity contribution in [2.75, 3.05) is 5.75 Å². The molecule has 1 aromatic carbocycles. The van der Waals surface area contributed by atoms with Crippen molar-refractivity contribution >= 4 is 22.8 Å². The van der Waals surface area contributed by atoms with Crippen molar-refractivity contribution in [1.29, 1.82) is 0 Å². The number of H-pyrrole nitrogens is 1. The van der Waals surface area contributed by atoms with Crippen LogP contribution in [0.15, 0.2) is 46.5 Å². The Kier molecular flexibility index (Phi) is 3.70. The smallest absolute Gasteiger partial charge is 0.268 e. The summed E-state index contributed by atoms with van der Waals surface area (Å²) in [5.74, 6) is 1.06. The molecule has 0 saturated carbocycles. The summed E-state index contributed by atoms with van der Waals surface area (Å²) < 4.78 is 1.59. The average molecular weight is 301 g/mol. The van der Waals surface area contributed by atoms with Gasteiger partial charge >= 0.3 is 0 Å². The van der Waals surface area contributed by atoms with Gasteiger partial charge < -0.3 is 10.1 Å². The second-order valence-corrected chi connectivity index (χ2v) is 5.70. The molecule has 2 aromatic heterocycles. The van der Waals surface area contributed by atoms with Crippen LogP contribution in [0.4, 0.5) is 0 Å². The molecule has 3 rings (SSSR count). The topological polar surface area (TPSA) is 70.9 Å². The number of aromatic hydroxyl groups is 1. The Bertz CT molecular complexity index is 821. The third-order valence-electron chi connectivity index (χ3n) is 3.10. The molecule has 0 fully saturated rings. The van der Waals surface area contributed by atoms with E-state index in [2.05, 4.69) is 16.9 Å². The number of rotatable bonds is 4. The number of thioether (sulfide) groups is 1. The van der Waals surface area contributed by atoms with Gasteiger partial charge in [-0.05, 0) is 36.8 Å². The quantitative estimate of drug-likeness (QED) is 0.574. The van der Waals surface area contributed by atoms with E-state index in [1.165, 1.54) is 0 Å². The standard InChI is InChI=1S/C15H15N3O2S/c1-2-9-21-15-17-13-12(7-8-16-13)14(20)18(15)10-3-5-11(19)6-4-10/h3-8,16,19H,2,9H2,1H3. The summed E-state index contributed by atoms with van der Waals surface area (Å²) in [5.41, 5.74) is 1.20. The maximum Gasteiger partial charge on any atom is 0.268 e. The number of phenols is 1. The number of benzene rings is 1. The fourth-order valence-corrected chi connectivity index (χ4v) is 2.96. The Morgan fingerprint density at radius 2 is 2.05 bits per heavy atom. The third-order valence-corrected chi connectivity index (χ3v) is 4.25. The Balaban J connectivity index is 2.24. The second-order valence-electron chi connectivity index (χ2n) is 4.64. The molecule has 2 heterocycles. The van der Waals surface area contributed by atoms with Crippen LogP contribution in [-0.4, -0.2) is 25.4 Å². The predicted octanol–water partition coefficient (Wildman–Crippen LogP) is 2.92. The van der Waals surface area contributed by atoms with Gasteiger partial charge in [-0.2, -0.15) is 0 Å². The van der Waals surface area contributed by atoms with Crippen molar-refractivity contribution < 1.29 is 5.11 Å². The Morgan fingerprint density at radius 3 is 2.76 bits per heavy atom. The summed E-state index contributed by atoms with van der Waals surface area (Å²) in [6.45, 7) is 2.09. The molecule has 0 bridgehead atoms. The largest absolute Gasteiger partial charge is 0.508 e. The molecule has 2 N–H and O–H groups in total. The molecule has 0 amide bonds. The maximum absolute atomic E-state index is 12.7. The highest BCUT2D eigenvalue weighted by Gasteiger charge is 2.13. The molecule has 108 valence electrons. The van der Waals surface area contributed by atoms with Crippen molar-refractivity contribution in [3.63, 3.8) is 0 Å². The molecule has 6 heteroatoms. The molecular weight excluding hydrogens is 286 g/mol. The lowest BCUT2D eigenvalue weighted by Crippen LogP contribution is -2.21. The molecule has 0 spiro atoms. The van der Waals surface area contributed by atoms with Gasteiger partial charge in [0, 0.05) is 11.9 Å². The van der Waals surface area contributed by atoms with Gasteiger partial charge in [-0.15, -0.1) is 0 Å². The van der Waals surface area contributed by atoms with Gasteiger partial charge in [-0.1, -0.05) is 18.7 Å².